The number of aromatic nitrogens is 2. The molecule has 19 heavy (non-hydrogen) atoms. The Balaban J connectivity index is 2.19. The van der Waals surface area contributed by atoms with E-state index in [1.165, 1.54) is 6.07 Å². The number of nitrogens with zero attached hydrogens (tertiary/aromatic N) is 2. The average Bonchev–Trinajstić information content (AvgIpc) is 2.98. The zero-order valence-electron chi connectivity index (χ0n) is 10.8. The number of imidazole rings is 1. The molecule has 1 fully saturated rings. The minimum absolute atomic E-state index is 0.211. The predicted octanol–water partition coefficient (Wildman–Crippen LogP) is 3.23. The van der Waals surface area contributed by atoms with Gasteiger partial charge in [0.1, 0.15) is 11.6 Å². The first-order valence-electron chi connectivity index (χ1n) is 6.51. The highest BCUT2D eigenvalue weighted by molar-refractivity contribution is 6.17. The maximum absolute atomic E-state index is 13.7. The lowest BCUT2D eigenvalue weighted by Crippen LogP contribution is -2.12. The molecule has 3 nitrogen and oxygen atoms in total. The maximum atomic E-state index is 13.7. The standard InChI is InChI=1S/C14H16ClFN2O/c1-9-6-13-12(7-11(9)16)17-14(2-4-15)18(13)10-3-5-19-8-10/h6-7,10H,2-5,8H2,1H3. The minimum Gasteiger partial charge on any atom is -0.379 e. The first-order chi connectivity index (χ1) is 9.20. The van der Waals surface area contributed by atoms with Gasteiger partial charge in [0.25, 0.3) is 0 Å². The molecule has 1 saturated heterocycles. The highest BCUT2D eigenvalue weighted by Crippen LogP contribution is 2.28. The average molecular weight is 283 g/mol. The molecule has 2 aromatic rings. The molecule has 0 spiro atoms. The van der Waals surface area contributed by atoms with Gasteiger partial charge in [0.2, 0.25) is 0 Å². The Labute approximate surface area is 116 Å². The van der Waals surface area contributed by atoms with Crippen molar-refractivity contribution in [1.29, 1.82) is 0 Å². The van der Waals surface area contributed by atoms with Crippen LogP contribution >= 0.6 is 11.6 Å². The van der Waals surface area contributed by atoms with E-state index in [1.807, 2.05) is 6.07 Å². The van der Waals surface area contributed by atoms with Crippen molar-refractivity contribution in [1.82, 2.24) is 9.55 Å². The lowest BCUT2D eigenvalue weighted by atomic mass is 10.2. The molecule has 3 rings (SSSR count). The number of aryl methyl sites for hydroxylation is 2. The summed E-state index contributed by atoms with van der Waals surface area (Å²) in [6, 6.07) is 3.66. The molecule has 0 N–H and O–H groups in total. The molecule has 1 aliphatic heterocycles. The van der Waals surface area contributed by atoms with Crippen LogP contribution in [0, 0.1) is 12.7 Å². The molecule has 0 aliphatic carbocycles. The molecule has 1 unspecified atom stereocenters. The van der Waals surface area contributed by atoms with E-state index in [4.69, 9.17) is 16.3 Å². The molecule has 2 heterocycles. The Morgan fingerprint density at radius 3 is 3.05 bits per heavy atom. The molecule has 0 amide bonds. The predicted molar refractivity (Wildman–Crippen MR) is 73.3 cm³/mol. The van der Waals surface area contributed by atoms with Crippen LogP contribution in [0.5, 0.6) is 0 Å². The summed E-state index contributed by atoms with van der Waals surface area (Å²) in [5.74, 6) is 1.22. The van der Waals surface area contributed by atoms with Crippen molar-refractivity contribution in [3.05, 3.63) is 29.3 Å². The third-order valence-corrected chi connectivity index (χ3v) is 3.82. The SMILES string of the molecule is Cc1cc2c(cc1F)nc(CCCl)n2C1CCOC1. The number of benzene rings is 1. The van der Waals surface area contributed by atoms with E-state index < -0.39 is 0 Å². The van der Waals surface area contributed by atoms with Crippen LogP contribution in [0.1, 0.15) is 23.9 Å². The number of alkyl halides is 1. The van der Waals surface area contributed by atoms with Gasteiger partial charge in [-0.3, -0.25) is 0 Å². The number of fused-ring (bicyclic) bond motifs is 1. The molecular weight excluding hydrogens is 267 g/mol. The molecule has 1 aliphatic rings. The zero-order chi connectivity index (χ0) is 13.4. The van der Waals surface area contributed by atoms with E-state index in [0.717, 1.165) is 24.4 Å². The number of hydrogen-bond donors (Lipinski definition) is 0. The van der Waals surface area contributed by atoms with Gasteiger partial charge in [0.05, 0.1) is 23.7 Å². The number of halogens is 2. The van der Waals surface area contributed by atoms with Crippen LogP contribution in [0.4, 0.5) is 4.39 Å². The lowest BCUT2D eigenvalue weighted by Gasteiger charge is -2.15. The Morgan fingerprint density at radius 2 is 2.37 bits per heavy atom. The molecule has 1 aromatic heterocycles. The Kier molecular flexibility index (Phi) is 3.46. The van der Waals surface area contributed by atoms with Gasteiger partial charge in [-0.15, -0.1) is 11.6 Å². The van der Waals surface area contributed by atoms with Gasteiger partial charge in [0, 0.05) is 25.0 Å². The van der Waals surface area contributed by atoms with Crippen LogP contribution in [-0.4, -0.2) is 28.6 Å². The molecule has 5 heteroatoms. The fourth-order valence-corrected chi connectivity index (χ4v) is 2.83. The first kappa shape index (κ1) is 12.9. The van der Waals surface area contributed by atoms with E-state index in [9.17, 15) is 4.39 Å². The normalized spacial score (nSPS) is 19.4. The minimum atomic E-state index is -0.211. The summed E-state index contributed by atoms with van der Waals surface area (Å²) >= 11 is 5.85. The molecular formula is C14H16ClFN2O. The summed E-state index contributed by atoms with van der Waals surface area (Å²) in [5.41, 5.74) is 2.33. The molecule has 1 aromatic carbocycles. The van der Waals surface area contributed by atoms with E-state index in [-0.39, 0.29) is 11.9 Å². The van der Waals surface area contributed by atoms with E-state index in [1.54, 1.807) is 6.92 Å². The highest BCUT2D eigenvalue weighted by atomic mass is 35.5. The number of ether oxygens (including phenoxy) is 1. The molecule has 102 valence electrons. The van der Waals surface area contributed by atoms with Crippen molar-refractivity contribution in [2.45, 2.75) is 25.8 Å². The summed E-state index contributed by atoms with van der Waals surface area (Å²) in [6.07, 6.45) is 1.66. The van der Waals surface area contributed by atoms with E-state index in [2.05, 4.69) is 9.55 Å². The molecule has 0 saturated carbocycles. The van der Waals surface area contributed by atoms with Gasteiger partial charge in [-0.25, -0.2) is 9.37 Å². The van der Waals surface area contributed by atoms with Crippen LogP contribution in [0.15, 0.2) is 12.1 Å². The Morgan fingerprint density at radius 1 is 1.53 bits per heavy atom. The Hall–Kier alpha value is -1.13. The van der Waals surface area contributed by atoms with Gasteiger partial charge in [-0.05, 0) is 25.0 Å². The van der Waals surface area contributed by atoms with Gasteiger partial charge >= 0.3 is 0 Å². The van der Waals surface area contributed by atoms with Crippen molar-refractivity contribution in [3.8, 4) is 0 Å². The topological polar surface area (TPSA) is 27.1 Å². The quantitative estimate of drug-likeness (QED) is 0.808. The van der Waals surface area contributed by atoms with Crippen molar-refractivity contribution >= 4 is 22.6 Å². The smallest absolute Gasteiger partial charge is 0.128 e. The van der Waals surface area contributed by atoms with Crippen molar-refractivity contribution < 1.29 is 9.13 Å². The van der Waals surface area contributed by atoms with Gasteiger partial charge < -0.3 is 9.30 Å². The largest absolute Gasteiger partial charge is 0.379 e. The van der Waals surface area contributed by atoms with Crippen LogP contribution in [-0.2, 0) is 11.2 Å². The van der Waals surface area contributed by atoms with Gasteiger partial charge in [-0.2, -0.15) is 0 Å². The van der Waals surface area contributed by atoms with Crippen molar-refractivity contribution in [2.75, 3.05) is 19.1 Å². The monoisotopic (exact) mass is 282 g/mol. The summed E-state index contributed by atoms with van der Waals surface area (Å²) < 4.78 is 21.3. The molecule has 0 radical (unpaired) electrons. The summed E-state index contributed by atoms with van der Waals surface area (Å²) in [5, 5.41) is 0. The second-order valence-corrected chi connectivity index (χ2v) is 5.32. The third kappa shape index (κ3) is 2.23. The van der Waals surface area contributed by atoms with E-state index in [0.29, 0.717) is 30.0 Å². The highest BCUT2D eigenvalue weighted by Gasteiger charge is 2.23. The zero-order valence-corrected chi connectivity index (χ0v) is 11.6. The van der Waals surface area contributed by atoms with Crippen LogP contribution in [0.25, 0.3) is 11.0 Å². The van der Waals surface area contributed by atoms with Crippen molar-refractivity contribution in [2.24, 2.45) is 0 Å². The molecule has 0 bridgehead atoms. The number of hydrogen-bond acceptors (Lipinski definition) is 2. The van der Waals surface area contributed by atoms with Crippen LogP contribution < -0.4 is 0 Å². The lowest BCUT2D eigenvalue weighted by molar-refractivity contribution is 0.186. The second-order valence-electron chi connectivity index (χ2n) is 4.94. The van der Waals surface area contributed by atoms with E-state index >= 15 is 0 Å². The van der Waals surface area contributed by atoms with Gasteiger partial charge in [-0.1, -0.05) is 0 Å². The fraction of sp³-hybridized carbons (Fsp3) is 0.500. The second kappa shape index (κ2) is 5.10. The summed E-state index contributed by atoms with van der Waals surface area (Å²) in [4.78, 5) is 4.53. The Bertz CT molecular complexity index is 605. The summed E-state index contributed by atoms with van der Waals surface area (Å²) in [7, 11) is 0. The van der Waals surface area contributed by atoms with Crippen molar-refractivity contribution in [3.63, 3.8) is 0 Å². The fourth-order valence-electron chi connectivity index (χ4n) is 2.66. The maximum Gasteiger partial charge on any atom is 0.128 e. The van der Waals surface area contributed by atoms with Gasteiger partial charge in [0.15, 0.2) is 0 Å². The van der Waals surface area contributed by atoms with Crippen LogP contribution in [0.3, 0.4) is 0 Å². The summed E-state index contributed by atoms with van der Waals surface area (Å²) in [6.45, 7) is 3.24. The van der Waals surface area contributed by atoms with Crippen LogP contribution in [0.2, 0.25) is 0 Å². The number of rotatable bonds is 3. The third-order valence-electron chi connectivity index (χ3n) is 3.63. The first-order valence-corrected chi connectivity index (χ1v) is 7.05. The molecule has 1 atom stereocenters.